The lowest BCUT2D eigenvalue weighted by atomic mass is 10.2. The fourth-order valence-electron chi connectivity index (χ4n) is 2.60. The van der Waals surface area contributed by atoms with E-state index in [1.54, 1.807) is 36.5 Å². The van der Waals surface area contributed by atoms with Crippen LogP contribution in [0.25, 0.3) is 21.4 Å². The lowest BCUT2D eigenvalue weighted by Crippen LogP contribution is -2.01. The molecule has 2 heterocycles. The first-order chi connectivity index (χ1) is 14.0. The standard InChI is InChI=1S/C19H11BrN4O4S/c20-13-4-5-16-12(7-13)8-15(18(25)28-16)17-10-21-19(29-17)23-22-9-11-2-1-3-14(6-11)24(26)27/h1-10H,(H,21,23)/b22-9-. The second-order valence-corrected chi connectivity index (χ2v) is 7.83. The van der Waals surface area contributed by atoms with Gasteiger partial charge in [-0.15, -0.1) is 0 Å². The van der Waals surface area contributed by atoms with E-state index in [1.807, 2.05) is 6.07 Å². The Bertz CT molecular complexity index is 1320. The van der Waals surface area contributed by atoms with Crippen LogP contribution in [0.5, 0.6) is 0 Å². The van der Waals surface area contributed by atoms with Crippen molar-refractivity contribution in [2.24, 2.45) is 5.10 Å². The molecule has 8 nitrogen and oxygen atoms in total. The van der Waals surface area contributed by atoms with E-state index in [0.717, 1.165) is 9.86 Å². The number of non-ortho nitro benzene ring substituents is 1. The fourth-order valence-corrected chi connectivity index (χ4v) is 3.75. The normalized spacial score (nSPS) is 11.2. The number of nitrogens with one attached hydrogen (secondary N) is 1. The molecular weight excluding hydrogens is 460 g/mol. The Balaban J connectivity index is 1.55. The number of nitro groups is 1. The summed E-state index contributed by atoms with van der Waals surface area (Å²) < 4.78 is 6.26. The number of thiazole rings is 1. The number of nitro benzene ring substituents is 1. The van der Waals surface area contributed by atoms with Crippen molar-refractivity contribution in [1.29, 1.82) is 0 Å². The number of hydrogen-bond donors (Lipinski definition) is 1. The van der Waals surface area contributed by atoms with Crippen molar-refractivity contribution in [1.82, 2.24) is 4.98 Å². The van der Waals surface area contributed by atoms with Crippen molar-refractivity contribution in [3.05, 3.63) is 85.3 Å². The zero-order valence-corrected chi connectivity index (χ0v) is 16.9. The minimum absolute atomic E-state index is 0.0137. The number of fused-ring (bicyclic) bond motifs is 1. The predicted molar refractivity (Wildman–Crippen MR) is 116 cm³/mol. The van der Waals surface area contributed by atoms with Gasteiger partial charge in [-0.3, -0.25) is 15.5 Å². The van der Waals surface area contributed by atoms with Crippen molar-refractivity contribution in [3.63, 3.8) is 0 Å². The van der Waals surface area contributed by atoms with Crippen LogP contribution in [0, 0.1) is 10.1 Å². The molecule has 0 spiro atoms. The average molecular weight is 471 g/mol. The van der Waals surface area contributed by atoms with E-state index in [1.165, 1.54) is 29.7 Å². The zero-order chi connectivity index (χ0) is 20.4. The number of aromatic nitrogens is 1. The third kappa shape index (κ3) is 4.23. The lowest BCUT2D eigenvalue weighted by molar-refractivity contribution is -0.384. The van der Waals surface area contributed by atoms with Gasteiger partial charge in [-0.2, -0.15) is 5.10 Å². The van der Waals surface area contributed by atoms with Crippen LogP contribution in [0.4, 0.5) is 10.8 Å². The van der Waals surface area contributed by atoms with E-state index in [2.05, 4.69) is 31.4 Å². The number of rotatable bonds is 5. The maximum atomic E-state index is 12.3. The number of nitrogens with zero attached hydrogens (tertiary/aromatic N) is 3. The van der Waals surface area contributed by atoms with Crippen molar-refractivity contribution in [2.75, 3.05) is 5.43 Å². The quantitative estimate of drug-likeness (QED) is 0.189. The summed E-state index contributed by atoms with van der Waals surface area (Å²) >= 11 is 4.64. The molecule has 0 amide bonds. The van der Waals surface area contributed by atoms with Crippen LogP contribution >= 0.6 is 27.3 Å². The van der Waals surface area contributed by atoms with Crippen LogP contribution in [0.1, 0.15) is 5.56 Å². The van der Waals surface area contributed by atoms with Gasteiger partial charge in [0.15, 0.2) is 0 Å². The van der Waals surface area contributed by atoms with Gasteiger partial charge in [-0.1, -0.05) is 39.4 Å². The van der Waals surface area contributed by atoms with Gasteiger partial charge in [0.05, 0.1) is 21.6 Å². The van der Waals surface area contributed by atoms with Gasteiger partial charge in [0, 0.05) is 33.8 Å². The SMILES string of the molecule is O=c1oc2ccc(Br)cc2cc1-c1cnc(N/N=C\c2cccc([N+](=O)[O-])c2)s1. The molecule has 29 heavy (non-hydrogen) atoms. The molecule has 0 aliphatic heterocycles. The molecule has 0 aliphatic carbocycles. The van der Waals surface area contributed by atoms with Gasteiger partial charge in [0.2, 0.25) is 5.13 Å². The summed E-state index contributed by atoms with van der Waals surface area (Å²) in [4.78, 5) is 27.5. The summed E-state index contributed by atoms with van der Waals surface area (Å²) in [6.07, 6.45) is 3.02. The molecule has 0 unspecified atom stereocenters. The van der Waals surface area contributed by atoms with Crippen LogP contribution in [-0.4, -0.2) is 16.1 Å². The first-order valence-electron chi connectivity index (χ1n) is 8.23. The van der Waals surface area contributed by atoms with Gasteiger partial charge >= 0.3 is 5.63 Å². The summed E-state index contributed by atoms with van der Waals surface area (Å²) in [6, 6.07) is 13.3. The molecular formula is C19H11BrN4O4S. The number of halogens is 1. The Labute approximate surface area is 175 Å². The van der Waals surface area contributed by atoms with E-state index in [4.69, 9.17) is 4.42 Å². The first kappa shape index (κ1) is 19.0. The highest BCUT2D eigenvalue weighted by Crippen LogP contribution is 2.29. The first-order valence-corrected chi connectivity index (χ1v) is 9.84. The third-order valence-electron chi connectivity index (χ3n) is 3.92. The molecule has 10 heteroatoms. The van der Waals surface area contributed by atoms with Crippen LogP contribution in [0.3, 0.4) is 0 Å². The molecule has 0 saturated carbocycles. The number of benzene rings is 2. The van der Waals surface area contributed by atoms with E-state index >= 15 is 0 Å². The molecule has 1 N–H and O–H groups in total. The molecule has 0 radical (unpaired) electrons. The Morgan fingerprint density at radius 2 is 2.10 bits per heavy atom. The van der Waals surface area contributed by atoms with Gasteiger partial charge < -0.3 is 4.42 Å². The van der Waals surface area contributed by atoms with Gasteiger partial charge in [0.25, 0.3) is 5.69 Å². The van der Waals surface area contributed by atoms with Crippen molar-refractivity contribution < 1.29 is 9.34 Å². The predicted octanol–water partition coefficient (Wildman–Crippen LogP) is 5.03. The monoisotopic (exact) mass is 470 g/mol. The molecule has 0 aliphatic rings. The topological polar surface area (TPSA) is 111 Å². The van der Waals surface area contributed by atoms with E-state index < -0.39 is 10.5 Å². The second-order valence-electron chi connectivity index (χ2n) is 5.88. The number of anilines is 1. The maximum absolute atomic E-state index is 12.3. The zero-order valence-electron chi connectivity index (χ0n) is 14.5. The minimum atomic E-state index is -0.467. The Morgan fingerprint density at radius 1 is 1.24 bits per heavy atom. The van der Waals surface area contributed by atoms with Crippen LogP contribution in [-0.2, 0) is 0 Å². The Kier molecular flexibility index (Phi) is 5.19. The van der Waals surface area contributed by atoms with Crippen LogP contribution in [0.15, 0.2) is 73.5 Å². The van der Waals surface area contributed by atoms with Crippen molar-refractivity contribution in [2.45, 2.75) is 0 Å². The summed E-state index contributed by atoms with van der Waals surface area (Å²) in [5, 5.41) is 16.1. The molecule has 0 saturated heterocycles. The highest BCUT2D eigenvalue weighted by atomic mass is 79.9. The maximum Gasteiger partial charge on any atom is 0.345 e. The van der Waals surface area contributed by atoms with Crippen molar-refractivity contribution in [3.8, 4) is 10.4 Å². The van der Waals surface area contributed by atoms with E-state index in [-0.39, 0.29) is 5.69 Å². The number of hydrazone groups is 1. The Hall–Kier alpha value is -3.37. The third-order valence-corrected chi connectivity index (χ3v) is 5.35. The molecule has 144 valence electrons. The molecule has 0 atom stereocenters. The van der Waals surface area contributed by atoms with Crippen LogP contribution in [0.2, 0.25) is 0 Å². The largest absolute Gasteiger partial charge is 0.422 e. The second kappa shape index (κ2) is 7.94. The van der Waals surface area contributed by atoms with Gasteiger partial charge in [-0.05, 0) is 24.3 Å². The summed E-state index contributed by atoms with van der Waals surface area (Å²) in [5.74, 6) is 0. The van der Waals surface area contributed by atoms with Crippen molar-refractivity contribution >= 4 is 55.3 Å². The summed E-state index contributed by atoms with van der Waals surface area (Å²) in [6.45, 7) is 0. The molecule has 4 aromatic rings. The molecule has 0 bridgehead atoms. The number of hydrogen-bond acceptors (Lipinski definition) is 8. The van der Waals surface area contributed by atoms with Crippen LogP contribution < -0.4 is 11.1 Å². The summed E-state index contributed by atoms with van der Waals surface area (Å²) in [7, 11) is 0. The average Bonchev–Trinajstić information content (AvgIpc) is 3.16. The molecule has 2 aromatic heterocycles. The highest BCUT2D eigenvalue weighted by molar-refractivity contribution is 9.10. The minimum Gasteiger partial charge on any atom is -0.422 e. The molecule has 0 fully saturated rings. The van der Waals surface area contributed by atoms with Gasteiger partial charge in [0.1, 0.15) is 5.58 Å². The smallest absolute Gasteiger partial charge is 0.345 e. The van der Waals surface area contributed by atoms with E-state index in [0.29, 0.717) is 26.7 Å². The van der Waals surface area contributed by atoms with Gasteiger partial charge in [-0.25, -0.2) is 9.78 Å². The highest BCUT2D eigenvalue weighted by Gasteiger charge is 2.12. The fraction of sp³-hybridized carbons (Fsp3) is 0. The molecule has 2 aromatic carbocycles. The summed E-state index contributed by atoms with van der Waals surface area (Å²) in [5.41, 5.74) is 3.79. The Morgan fingerprint density at radius 3 is 2.93 bits per heavy atom. The molecule has 4 rings (SSSR count). The van der Waals surface area contributed by atoms with E-state index in [9.17, 15) is 14.9 Å². The lowest BCUT2D eigenvalue weighted by Gasteiger charge is -2.00.